The number of ether oxygens (including phenoxy) is 2. The highest BCUT2D eigenvalue weighted by atomic mass is 16.7. The quantitative estimate of drug-likeness (QED) is 0.706. The second-order valence-corrected chi connectivity index (χ2v) is 4.77. The lowest BCUT2D eigenvalue weighted by molar-refractivity contribution is 0.174. The summed E-state index contributed by atoms with van der Waals surface area (Å²) in [7, 11) is 2.08. The van der Waals surface area contributed by atoms with Crippen molar-refractivity contribution in [2.45, 2.75) is 26.3 Å². The Morgan fingerprint density at radius 3 is 2.47 bits per heavy atom. The average molecular weight is 207 g/mol. The lowest BCUT2D eigenvalue weighted by Crippen LogP contribution is -2.37. The zero-order chi connectivity index (χ0) is 11.1. The van der Waals surface area contributed by atoms with Crippen LogP contribution in [0.5, 0.6) is 11.5 Å². The first-order valence-electron chi connectivity index (χ1n) is 5.12. The van der Waals surface area contributed by atoms with Gasteiger partial charge in [-0.2, -0.15) is 0 Å². The maximum atomic E-state index is 5.35. The molecule has 0 unspecified atom stereocenters. The van der Waals surface area contributed by atoms with Crippen LogP contribution in [0.3, 0.4) is 0 Å². The standard InChI is InChI=1S/C12H17NO2/c1-12(2,3)13(4)9-5-6-10-11(7-9)15-8-14-10/h5-7H,8H2,1-4H3. The molecule has 0 bridgehead atoms. The third kappa shape index (κ3) is 1.87. The van der Waals surface area contributed by atoms with Gasteiger partial charge in [0.25, 0.3) is 0 Å². The Kier molecular flexibility index (Phi) is 2.25. The predicted molar refractivity (Wildman–Crippen MR) is 60.7 cm³/mol. The molecule has 2 rings (SSSR count). The Morgan fingerprint density at radius 1 is 1.13 bits per heavy atom. The summed E-state index contributed by atoms with van der Waals surface area (Å²) in [5.74, 6) is 1.67. The van der Waals surface area contributed by atoms with Gasteiger partial charge in [-0.05, 0) is 32.9 Å². The maximum absolute atomic E-state index is 5.35. The van der Waals surface area contributed by atoms with Crippen molar-refractivity contribution in [1.29, 1.82) is 0 Å². The van der Waals surface area contributed by atoms with Crippen molar-refractivity contribution < 1.29 is 9.47 Å². The molecule has 0 saturated carbocycles. The molecule has 0 saturated heterocycles. The van der Waals surface area contributed by atoms with Crippen LogP contribution in [0.1, 0.15) is 20.8 Å². The van der Waals surface area contributed by atoms with E-state index in [1.54, 1.807) is 0 Å². The minimum atomic E-state index is 0.105. The first kappa shape index (κ1) is 10.1. The largest absolute Gasteiger partial charge is 0.454 e. The molecule has 0 spiro atoms. The highest BCUT2D eigenvalue weighted by Crippen LogP contribution is 2.36. The van der Waals surface area contributed by atoms with Gasteiger partial charge in [0, 0.05) is 24.3 Å². The Balaban J connectivity index is 2.31. The molecule has 1 heterocycles. The van der Waals surface area contributed by atoms with Crippen LogP contribution in [0.15, 0.2) is 18.2 Å². The van der Waals surface area contributed by atoms with Gasteiger partial charge < -0.3 is 14.4 Å². The normalized spacial score (nSPS) is 14.1. The summed E-state index contributed by atoms with van der Waals surface area (Å²) in [6.45, 7) is 6.87. The van der Waals surface area contributed by atoms with Gasteiger partial charge in [0.2, 0.25) is 6.79 Å². The van der Waals surface area contributed by atoms with Crippen LogP contribution < -0.4 is 14.4 Å². The van der Waals surface area contributed by atoms with Crippen LogP contribution in [0.25, 0.3) is 0 Å². The summed E-state index contributed by atoms with van der Waals surface area (Å²) in [6, 6.07) is 6.03. The summed E-state index contributed by atoms with van der Waals surface area (Å²) < 4.78 is 10.6. The molecule has 3 heteroatoms. The fraction of sp³-hybridized carbons (Fsp3) is 0.500. The summed E-state index contributed by atoms with van der Waals surface area (Å²) in [5.41, 5.74) is 1.25. The lowest BCUT2D eigenvalue weighted by atomic mass is 10.1. The topological polar surface area (TPSA) is 21.7 Å². The van der Waals surface area contributed by atoms with Crippen molar-refractivity contribution in [2.24, 2.45) is 0 Å². The van der Waals surface area contributed by atoms with E-state index in [4.69, 9.17) is 9.47 Å². The number of nitrogens with zero attached hydrogens (tertiary/aromatic N) is 1. The van der Waals surface area contributed by atoms with Gasteiger partial charge in [-0.1, -0.05) is 0 Å². The van der Waals surface area contributed by atoms with Gasteiger partial charge in [0.05, 0.1) is 0 Å². The fourth-order valence-corrected chi connectivity index (χ4v) is 1.48. The van der Waals surface area contributed by atoms with Crippen LogP contribution >= 0.6 is 0 Å². The fourth-order valence-electron chi connectivity index (χ4n) is 1.48. The molecule has 82 valence electrons. The lowest BCUT2D eigenvalue weighted by Gasteiger charge is -2.34. The first-order valence-corrected chi connectivity index (χ1v) is 5.12. The average Bonchev–Trinajstić information content (AvgIpc) is 2.61. The molecule has 3 nitrogen and oxygen atoms in total. The van der Waals surface area contributed by atoms with E-state index in [1.807, 2.05) is 12.1 Å². The molecule has 1 aromatic carbocycles. The third-order valence-electron chi connectivity index (χ3n) is 2.75. The van der Waals surface area contributed by atoms with E-state index >= 15 is 0 Å². The summed E-state index contributed by atoms with van der Waals surface area (Å²) in [6.07, 6.45) is 0. The van der Waals surface area contributed by atoms with E-state index in [1.165, 1.54) is 0 Å². The van der Waals surface area contributed by atoms with E-state index in [0.29, 0.717) is 6.79 Å². The van der Waals surface area contributed by atoms with E-state index in [9.17, 15) is 0 Å². The number of benzene rings is 1. The molecule has 0 amide bonds. The number of rotatable bonds is 1. The summed E-state index contributed by atoms with van der Waals surface area (Å²) in [4.78, 5) is 2.22. The zero-order valence-corrected chi connectivity index (χ0v) is 9.70. The van der Waals surface area contributed by atoms with Crippen molar-refractivity contribution in [2.75, 3.05) is 18.7 Å². The molecule has 15 heavy (non-hydrogen) atoms. The minimum absolute atomic E-state index is 0.105. The second-order valence-electron chi connectivity index (χ2n) is 4.77. The number of hydrogen-bond donors (Lipinski definition) is 0. The Bertz CT molecular complexity index is 368. The van der Waals surface area contributed by atoms with Crippen molar-refractivity contribution in [3.63, 3.8) is 0 Å². The van der Waals surface area contributed by atoms with E-state index < -0.39 is 0 Å². The van der Waals surface area contributed by atoms with Gasteiger partial charge in [-0.3, -0.25) is 0 Å². The predicted octanol–water partition coefficient (Wildman–Crippen LogP) is 2.65. The Labute approximate surface area is 90.6 Å². The molecule has 1 aliphatic rings. The second kappa shape index (κ2) is 3.33. The number of hydrogen-bond acceptors (Lipinski definition) is 3. The molecular formula is C12H17NO2. The van der Waals surface area contributed by atoms with Gasteiger partial charge in [-0.25, -0.2) is 0 Å². The molecule has 0 atom stereocenters. The highest BCUT2D eigenvalue weighted by molar-refractivity contribution is 5.57. The zero-order valence-electron chi connectivity index (χ0n) is 9.70. The maximum Gasteiger partial charge on any atom is 0.231 e. The summed E-state index contributed by atoms with van der Waals surface area (Å²) >= 11 is 0. The Hall–Kier alpha value is -1.38. The van der Waals surface area contributed by atoms with Crippen molar-refractivity contribution in [3.05, 3.63) is 18.2 Å². The molecule has 0 fully saturated rings. The van der Waals surface area contributed by atoms with E-state index in [0.717, 1.165) is 17.2 Å². The van der Waals surface area contributed by atoms with Crippen LogP contribution in [0.2, 0.25) is 0 Å². The van der Waals surface area contributed by atoms with Crippen LogP contribution in [0.4, 0.5) is 5.69 Å². The monoisotopic (exact) mass is 207 g/mol. The van der Waals surface area contributed by atoms with E-state index in [2.05, 4.69) is 38.8 Å². The van der Waals surface area contributed by atoms with Crippen LogP contribution in [-0.2, 0) is 0 Å². The van der Waals surface area contributed by atoms with Gasteiger partial charge in [0.15, 0.2) is 11.5 Å². The molecule has 1 aliphatic heterocycles. The first-order chi connectivity index (χ1) is 6.98. The van der Waals surface area contributed by atoms with Crippen LogP contribution in [-0.4, -0.2) is 19.4 Å². The molecule has 0 aromatic heterocycles. The van der Waals surface area contributed by atoms with Crippen molar-refractivity contribution in [3.8, 4) is 11.5 Å². The highest BCUT2D eigenvalue weighted by Gasteiger charge is 2.20. The third-order valence-corrected chi connectivity index (χ3v) is 2.75. The number of fused-ring (bicyclic) bond motifs is 1. The molecular weight excluding hydrogens is 190 g/mol. The van der Waals surface area contributed by atoms with Gasteiger partial charge in [0.1, 0.15) is 0 Å². The molecule has 0 N–H and O–H groups in total. The molecule has 0 aliphatic carbocycles. The number of anilines is 1. The summed E-state index contributed by atoms with van der Waals surface area (Å²) in [5, 5.41) is 0. The minimum Gasteiger partial charge on any atom is -0.454 e. The molecule has 0 radical (unpaired) electrons. The Morgan fingerprint density at radius 2 is 1.80 bits per heavy atom. The SMILES string of the molecule is CN(c1ccc2c(c1)OCO2)C(C)(C)C. The van der Waals surface area contributed by atoms with Crippen molar-refractivity contribution >= 4 is 5.69 Å². The van der Waals surface area contributed by atoms with Gasteiger partial charge in [-0.15, -0.1) is 0 Å². The smallest absolute Gasteiger partial charge is 0.231 e. The van der Waals surface area contributed by atoms with Crippen molar-refractivity contribution in [1.82, 2.24) is 0 Å². The van der Waals surface area contributed by atoms with Crippen LogP contribution in [0, 0.1) is 0 Å². The molecule has 1 aromatic rings. The van der Waals surface area contributed by atoms with E-state index in [-0.39, 0.29) is 5.54 Å². The van der Waals surface area contributed by atoms with Gasteiger partial charge >= 0.3 is 0 Å².